The van der Waals surface area contributed by atoms with Crippen LogP contribution in [-0.2, 0) is 0 Å². The van der Waals surface area contributed by atoms with Crippen molar-refractivity contribution in [2.75, 3.05) is 6.61 Å². The van der Waals surface area contributed by atoms with E-state index in [1.165, 1.54) is 12.1 Å². The van der Waals surface area contributed by atoms with Crippen LogP contribution < -0.4 is 5.32 Å². The van der Waals surface area contributed by atoms with E-state index in [0.717, 1.165) is 18.4 Å². The summed E-state index contributed by atoms with van der Waals surface area (Å²) in [7, 11) is 0. The number of rotatable bonds is 6. The molecule has 0 fully saturated rings. The Hall–Kier alpha value is -1.44. The van der Waals surface area contributed by atoms with E-state index < -0.39 is 5.82 Å². The highest BCUT2D eigenvalue weighted by Crippen LogP contribution is 2.17. The van der Waals surface area contributed by atoms with Gasteiger partial charge in [0.15, 0.2) is 0 Å². The van der Waals surface area contributed by atoms with E-state index in [2.05, 4.69) is 5.32 Å². The molecule has 0 spiro atoms. The molecule has 0 heterocycles. The van der Waals surface area contributed by atoms with Crippen molar-refractivity contribution >= 4 is 0 Å². The number of halogens is 1. The number of hydrogen-bond donors (Lipinski definition) is 2. The minimum Gasteiger partial charge on any atom is -0.396 e. The molecule has 1 aromatic carbocycles. The Morgan fingerprint density at radius 2 is 2.17 bits per heavy atom. The zero-order chi connectivity index (χ0) is 13.5. The van der Waals surface area contributed by atoms with Crippen LogP contribution in [0, 0.1) is 17.1 Å². The average molecular weight is 250 g/mol. The van der Waals surface area contributed by atoms with Crippen molar-refractivity contribution in [3.05, 3.63) is 35.1 Å². The average Bonchev–Trinajstić information content (AvgIpc) is 2.36. The molecule has 0 saturated carbocycles. The third-order valence-electron chi connectivity index (χ3n) is 2.94. The second-order valence-corrected chi connectivity index (χ2v) is 4.51. The Morgan fingerprint density at radius 3 is 2.72 bits per heavy atom. The molecule has 98 valence electrons. The number of hydrogen-bond acceptors (Lipinski definition) is 3. The number of nitrogens with zero attached hydrogens (tertiary/aromatic N) is 1. The maximum Gasteiger partial charge on any atom is 0.141 e. The lowest BCUT2D eigenvalue weighted by molar-refractivity contribution is 0.274. The van der Waals surface area contributed by atoms with Crippen molar-refractivity contribution in [3.8, 4) is 6.07 Å². The van der Waals surface area contributed by atoms with Crippen LogP contribution in [0.2, 0.25) is 0 Å². The molecular weight excluding hydrogens is 231 g/mol. The highest BCUT2D eigenvalue weighted by atomic mass is 19.1. The first kappa shape index (κ1) is 14.6. The second-order valence-electron chi connectivity index (χ2n) is 4.51. The molecule has 1 rings (SSSR count). The first-order chi connectivity index (χ1) is 8.58. The number of nitrogens with one attached hydrogen (secondary N) is 1. The van der Waals surface area contributed by atoms with Crippen LogP contribution in [0.1, 0.15) is 43.9 Å². The minimum atomic E-state index is -0.480. The van der Waals surface area contributed by atoms with E-state index in [4.69, 9.17) is 10.4 Å². The minimum absolute atomic E-state index is 0.0148. The van der Waals surface area contributed by atoms with Crippen molar-refractivity contribution in [3.63, 3.8) is 0 Å². The largest absolute Gasteiger partial charge is 0.396 e. The first-order valence-electron chi connectivity index (χ1n) is 6.15. The molecule has 0 aliphatic rings. The van der Waals surface area contributed by atoms with Crippen LogP contribution in [0.3, 0.4) is 0 Å². The van der Waals surface area contributed by atoms with E-state index >= 15 is 0 Å². The third kappa shape index (κ3) is 4.10. The SMILES string of the molecule is CC(CCCO)NC(C)c1ccc(C#N)c(F)c1. The molecule has 0 radical (unpaired) electrons. The van der Waals surface area contributed by atoms with Crippen molar-refractivity contribution in [2.45, 2.75) is 38.8 Å². The van der Waals surface area contributed by atoms with Gasteiger partial charge in [0.2, 0.25) is 0 Å². The number of benzene rings is 1. The Kier molecular flexibility index (Phi) is 5.76. The van der Waals surface area contributed by atoms with Crippen molar-refractivity contribution < 1.29 is 9.50 Å². The molecule has 4 heteroatoms. The van der Waals surface area contributed by atoms with Gasteiger partial charge in [-0.05, 0) is 44.4 Å². The normalized spacial score (nSPS) is 13.9. The molecular formula is C14H19FN2O. The summed E-state index contributed by atoms with van der Waals surface area (Å²) in [5.41, 5.74) is 0.890. The summed E-state index contributed by atoms with van der Waals surface area (Å²) in [5, 5.41) is 20.7. The number of aliphatic hydroxyl groups is 1. The lowest BCUT2D eigenvalue weighted by atomic mass is 10.0. The smallest absolute Gasteiger partial charge is 0.141 e. The van der Waals surface area contributed by atoms with Gasteiger partial charge in [0.1, 0.15) is 11.9 Å². The lowest BCUT2D eigenvalue weighted by Crippen LogP contribution is -2.29. The topological polar surface area (TPSA) is 56.0 Å². The monoisotopic (exact) mass is 250 g/mol. The first-order valence-corrected chi connectivity index (χ1v) is 6.15. The van der Waals surface area contributed by atoms with Crippen LogP contribution in [-0.4, -0.2) is 17.8 Å². The second kappa shape index (κ2) is 7.10. The summed E-state index contributed by atoms with van der Waals surface area (Å²) in [5.74, 6) is -0.480. The standard InChI is InChI=1S/C14H19FN2O/c1-10(4-3-7-18)17-11(2)12-5-6-13(9-16)14(15)8-12/h5-6,8,10-11,17-18H,3-4,7H2,1-2H3. The Bertz CT molecular complexity index is 428. The molecule has 1 aromatic rings. The van der Waals surface area contributed by atoms with Crippen molar-refractivity contribution in [2.24, 2.45) is 0 Å². The fourth-order valence-corrected chi connectivity index (χ4v) is 1.90. The quantitative estimate of drug-likeness (QED) is 0.815. The fourth-order valence-electron chi connectivity index (χ4n) is 1.90. The van der Waals surface area contributed by atoms with Crippen LogP contribution >= 0.6 is 0 Å². The van der Waals surface area contributed by atoms with Crippen LogP contribution in [0.25, 0.3) is 0 Å². The van der Waals surface area contributed by atoms with E-state index in [1.54, 1.807) is 12.1 Å². The zero-order valence-electron chi connectivity index (χ0n) is 10.8. The third-order valence-corrected chi connectivity index (χ3v) is 2.94. The predicted molar refractivity (Wildman–Crippen MR) is 68.4 cm³/mol. The van der Waals surface area contributed by atoms with Crippen LogP contribution in [0.4, 0.5) is 4.39 Å². The van der Waals surface area contributed by atoms with E-state index in [1.807, 2.05) is 13.8 Å². The van der Waals surface area contributed by atoms with Gasteiger partial charge in [-0.1, -0.05) is 6.07 Å². The summed E-state index contributed by atoms with van der Waals surface area (Å²) in [6.07, 6.45) is 1.63. The molecule has 2 atom stereocenters. The molecule has 0 aliphatic carbocycles. The van der Waals surface area contributed by atoms with Gasteiger partial charge in [-0.15, -0.1) is 0 Å². The molecule has 0 aromatic heterocycles. The molecule has 3 nitrogen and oxygen atoms in total. The van der Waals surface area contributed by atoms with Gasteiger partial charge in [0.25, 0.3) is 0 Å². The maximum atomic E-state index is 13.5. The van der Waals surface area contributed by atoms with Gasteiger partial charge < -0.3 is 10.4 Å². The molecule has 0 saturated heterocycles. The van der Waals surface area contributed by atoms with Gasteiger partial charge in [0, 0.05) is 18.7 Å². The Balaban J connectivity index is 2.64. The van der Waals surface area contributed by atoms with Gasteiger partial charge >= 0.3 is 0 Å². The molecule has 2 N–H and O–H groups in total. The van der Waals surface area contributed by atoms with Gasteiger partial charge in [-0.25, -0.2) is 4.39 Å². The van der Waals surface area contributed by atoms with Crippen molar-refractivity contribution in [1.29, 1.82) is 5.26 Å². The maximum absolute atomic E-state index is 13.5. The van der Waals surface area contributed by atoms with E-state index in [-0.39, 0.29) is 24.3 Å². The summed E-state index contributed by atoms with van der Waals surface area (Å²) >= 11 is 0. The molecule has 0 amide bonds. The molecule has 0 bridgehead atoms. The Labute approximate surface area is 107 Å². The molecule has 18 heavy (non-hydrogen) atoms. The van der Waals surface area contributed by atoms with Gasteiger partial charge in [-0.3, -0.25) is 0 Å². The van der Waals surface area contributed by atoms with E-state index in [0.29, 0.717) is 0 Å². The summed E-state index contributed by atoms with van der Waals surface area (Å²) in [6.45, 7) is 4.17. The highest BCUT2D eigenvalue weighted by molar-refractivity contribution is 5.34. The van der Waals surface area contributed by atoms with E-state index in [9.17, 15) is 4.39 Å². The summed E-state index contributed by atoms with van der Waals surface area (Å²) in [6, 6.07) is 6.74. The van der Waals surface area contributed by atoms with Crippen LogP contribution in [0.5, 0.6) is 0 Å². The lowest BCUT2D eigenvalue weighted by Gasteiger charge is -2.20. The summed E-state index contributed by atoms with van der Waals surface area (Å²) in [4.78, 5) is 0. The van der Waals surface area contributed by atoms with Crippen molar-refractivity contribution in [1.82, 2.24) is 5.32 Å². The molecule has 2 unspecified atom stereocenters. The fraction of sp³-hybridized carbons (Fsp3) is 0.500. The number of aliphatic hydroxyl groups excluding tert-OH is 1. The molecule has 0 aliphatic heterocycles. The predicted octanol–water partition coefficient (Wildman–Crippen LogP) is 2.51. The zero-order valence-corrected chi connectivity index (χ0v) is 10.8. The summed E-state index contributed by atoms with van der Waals surface area (Å²) < 4.78 is 13.5. The van der Waals surface area contributed by atoms with Crippen LogP contribution in [0.15, 0.2) is 18.2 Å². The highest BCUT2D eigenvalue weighted by Gasteiger charge is 2.11. The Morgan fingerprint density at radius 1 is 1.44 bits per heavy atom. The van der Waals surface area contributed by atoms with Gasteiger partial charge in [-0.2, -0.15) is 5.26 Å². The van der Waals surface area contributed by atoms with Gasteiger partial charge in [0.05, 0.1) is 5.56 Å². The number of nitriles is 1.